The van der Waals surface area contributed by atoms with E-state index in [4.69, 9.17) is 9.47 Å². The highest BCUT2D eigenvalue weighted by Gasteiger charge is 2.26. The SMILES string of the molecule is c1cc(OC2CCN(c3cncc(OC4CCCCC4)n3)C2)ccn1. The van der Waals surface area contributed by atoms with Crippen molar-refractivity contribution < 1.29 is 9.47 Å². The van der Waals surface area contributed by atoms with Crippen LogP contribution in [0.3, 0.4) is 0 Å². The summed E-state index contributed by atoms with van der Waals surface area (Å²) in [4.78, 5) is 15.2. The zero-order chi connectivity index (χ0) is 16.9. The maximum absolute atomic E-state index is 6.04. The Morgan fingerprint density at radius 1 is 0.880 bits per heavy atom. The van der Waals surface area contributed by atoms with Crippen molar-refractivity contribution in [1.82, 2.24) is 15.0 Å². The first-order valence-electron chi connectivity index (χ1n) is 9.17. The van der Waals surface area contributed by atoms with E-state index in [1.807, 2.05) is 18.3 Å². The number of rotatable bonds is 5. The fraction of sp³-hybridized carbons (Fsp3) is 0.526. The molecule has 25 heavy (non-hydrogen) atoms. The molecule has 1 unspecified atom stereocenters. The minimum atomic E-state index is 0.159. The Hall–Kier alpha value is -2.37. The molecule has 1 aliphatic heterocycles. The summed E-state index contributed by atoms with van der Waals surface area (Å²) in [6.45, 7) is 1.72. The molecule has 132 valence electrons. The van der Waals surface area contributed by atoms with Crippen molar-refractivity contribution >= 4 is 5.82 Å². The average molecular weight is 340 g/mol. The Balaban J connectivity index is 1.36. The van der Waals surface area contributed by atoms with Crippen LogP contribution in [0.5, 0.6) is 11.6 Å². The molecule has 2 aromatic rings. The fourth-order valence-corrected chi connectivity index (χ4v) is 3.54. The van der Waals surface area contributed by atoms with Crippen LogP contribution in [0.2, 0.25) is 0 Å². The van der Waals surface area contributed by atoms with Gasteiger partial charge in [-0.15, -0.1) is 0 Å². The van der Waals surface area contributed by atoms with Crippen molar-refractivity contribution in [3.63, 3.8) is 0 Å². The predicted molar refractivity (Wildman–Crippen MR) is 95.0 cm³/mol. The zero-order valence-electron chi connectivity index (χ0n) is 14.4. The summed E-state index contributed by atoms with van der Waals surface area (Å²) in [5, 5.41) is 0. The lowest BCUT2D eigenvalue weighted by molar-refractivity contribution is 0.148. The van der Waals surface area contributed by atoms with Gasteiger partial charge in [0.2, 0.25) is 5.88 Å². The number of anilines is 1. The van der Waals surface area contributed by atoms with Gasteiger partial charge in [-0.05, 0) is 37.8 Å². The first-order chi connectivity index (χ1) is 12.4. The maximum Gasteiger partial charge on any atom is 0.234 e. The lowest BCUT2D eigenvalue weighted by Gasteiger charge is -2.23. The average Bonchev–Trinajstić information content (AvgIpc) is 3.12. The number of hydrogen-bond donors (Lipinski definition) is 0. The van der Waals surface area contributed by atoms with E-state index in [1.54, 1.807) is 18.6 Å². The molecule has 4 rings (SSSR count). The largest absolute Gasteiger partial charge is 0.488 e. The minimum Gasteiger partial charge on any atom is -0.488 e. The van der Waals surface area contributed by atoms with Gasteiger partial charge in [0.15, 0.2) is 5.82 Å². The summed E-state index contributed by atoms with van der Waals surface area (Å²) in [6, 6.07) is 3.78. The van der Waals surface area contributed by atoms with Crippen LogP contribution in [0.15, 0.2) is 36.9 Å². The molecule has 0 N–H and O–H groups in total. The first kappa shape index (κ1) is 16.1. The van der Waals surface area contributed by atoms with E-state index in [0.29, 0.717) is 12.0 Å². The van der Waals surface area contributed by atoms with Crippen LogP contribution >= 0.6 is 0 Å². The van der Waals surface area contributed by atoms with Gasteiger partial charge in [-0.3, -0.25) is 9.97 Å². The van der Waals surface area contributed by atoms with Crippen molar-refractivity contribution in [3.05, 3.63) is 36.9 Å². The van der Waals surface area contributed by atoms with Crippen LogP contribution in [-0.4, -0.2) is 40.2 Å². The van der Waals surface area contributed by atoms with Gasteiger partial charge >= 0.3 is 0 Å². The van der Waals surface area contributed by atoms with E-state index in [9.17, 15) is 0 Å². The second kappa shape index (κ2) is 7.68. The van der Waals surface area contributed by atoms with Crippen LogP contribution in [0, 0.1) is 0 Å². The topological polar surface area (TPSA) is 60.4 Å². The lowest BCUT2D eigenvalue weighted by atomic mass is 9.98. The van der Waals surface area contributed by atoms with Crippen molar-refractivity contribution in [3.8, 4) is 11.6 Å². The van der Waals surface area contributed by atoms with Crippen LogP contribution in [0.1, 0.15) is 38.5 Å². The smallest absolute Gasteiger partial charge is 0.234 e. The molecule has 1 atom stereocenters. The monoisotopic (exact) mass is 340 g/mol. The third-order valence-electron chi connectivity index (χ3n) is 4.86. The fourth-order valence-electron chi connectivity index (χ4n) is 3.54. The molecule has 0 spiro atoms. The van der Waals surface area contributed by atoms with Gasteiger partial charge in [-0.2, -0.15) is 4.98 Å². The van der Waals surface area contributed by atoms with Crippen molar-refractivity contribution in [2.75, 3.05) is 18.0 Å². The molecule has 0 radical (unpaired) electrons. The van der Waals surface area contributed by atoms with Crippen molar-refractivity contribution in [2.45, 2.75) is 50.7 Å². The van der Waals surface area contributed by atoms with Gasteiger partial charge in [-0.1, -0.05) is 6.42 Å². The maximum atomic E-state index is 6.04. The number of nitrogens with zero attached hydrogens (tertiary/aromatic N) is 4. The summed E-state index contributed by atoms with van der Waals surface area (Å²) in [5.74, 6) is 2.37. The van der Waals surface area contributed by atoms with Gasteiger partial charge in [0.1, 0.15) is 18.0 Å². The van der Waals surface area contributed by atoms with Crippen molar-refractivity contribution in [1.29, 1.82) is 0 Å². The molecule has 2 aromatic heterocycles. The molecule has 1 saturated heterocycles. The third-order valence-corrected chi connectivity index (χ3v) is 4.86. The second-order valence-electron chi connectivity index (χ2n) is 6.75. The lowest BCUT2D eigenvalue weighted by Crippen LogP contribution is -2.26. The summed E-state index contributed by atoms with van der Waals surface area (Å²) >= 11 is 0. The van der Waals surface area contributed by atoms with Gasteiger partial charge in [-0.25, -0.2) is 0 Å². The second-order valence-corrected chi connectivity index (χ2v) is 6.75. The van der Waals surface area contributed by atoms with Crippen LogP contribution < -0.4 is 14.4 Å². The summed E-state index contributed by atoms with van der Waals surface area (Å²) in [5.41, 5.74) is 0. The van der Waals surface area contributed by atoms with Gasteiger partial charge in [0.25, 0.3) is 0 Å². The highest BCUT2D eigenvalue weighted by molar-refractivity contribution is 5.39. The van der Waals surface area contributed by atoms with E-state index in [0.717, 1.165) is 43.9 Å². The molecule has 6 heteroatoms. The van der Waals surface area contributed by atoms with Crippen molar-refractivity contribution in [2.24, 2.45) is 0 Å². The number of pyridine rings is 1. The molecule has 2 aliphatic rings. The summed E-state index contributed by atoms with van der Waals surface area (Å²) < 4.78 is 12.1. The summed E-state index contributed by atoms with van der Waals surface area (Å²) in [6.07, 6.45) is 14.5. The number of ether oxygens (including phenoxy) is 2. The summed E-state index contributed by atoms with van der Waals surface area (Å²) in [7, 11) is 0. The molecule has 0 amide bonds. The van der Waals surface area contributed by atoms with E-state index < -0.39 is 0 Å². The van der Waals surface area contributed by atoms with E-state index >= 15 is 0 Å². The quantitative estimate of drug-likeness (QED) is 0.833. The Kier molecular flexibility index (Phi) is 4.95. The van der Waals surface area contributed by atoms with Crippen LogP contribution in [0.25, 0.3) is 0 Å². The molecule has 6 nitrogen and oxygen atoms in total. The molecule has 2 fully saturated rings. The molecule has 1 saturated carbocycles. The first-order valence-corrected chi connectivity index (χ1v) is 9.17. The molecular formula is C19H24N4O2. The van der Waals surface area contributed by atoms with E-state index in [1.165, 1.54) is 19.3 Å². The van der Waals surface area contributed by atoms with Gasteiger partial charge in [0.05, 0.1) is 18.9 Å². The van der Waals surface area contributed by atoms with Crippen LogP contribution in [-0.2, 0) is 0 Å². The molecule has 0 bridgehead atoms. The standard InChI is InChI=1S/C19H24N4O2/c1-2-4-15(5-3-1)25-19-13-21-12-18(22-19)23-11-8-17(14-23)24-16-6-9-20-10-7-16/h6-7,9-10,12-13,15,17H,1-5,8,11,14H2. The highest BCUT2D eigenvalue weighted by Crippen LogP contribution is 2.25. The Morgan fingerprint density at radius 2 is 1.72 bits per heavy atom. The minimum absolute atomic E-state index is 0.159. The highest BCUT2D eigenvalue weighted by atomic mass is 16.5. The third kappa shape index (κ3) is 4.18. The number of hydrogen-bond acceptors (Lipinski definition) is 6. The molecular weight excluding hydrogens is 316 g/mol. The van der Waals surface area contributed by atoms with Crippen LogP contribution in [0.4, 0.5) is 5.82 Å². The Bertz CT molecular complexity index is 676. The predicted octanol–water partition coefficient (Wildman–Crippen LogP) is 3.24. The Morgan fingerprint density at radius 3 is 2.56 bits per heavy atom. The van der Waals surface area contributed by atoms with E-state index in [-0.39, 0.29) is 6.10 Å². The molecule has 1 aliphatic carbocycles. The number of aromatic nitrogens is 3. The van der Waals surface area contributed by atoms with Gasteiger partial charge < -0.3 is 14.4 Å². The Labute approximate surface area is 148 Å². The van der Waals surface area contributed by atoms with E-state index in [2.05, 4.69) is 19.9 Å². The molecule has 3 heterocycles. The molecule has 0 aromatic carbocycles. The van der Waals surface area contributed by atoms with Gasteiger partial charge in [0, 0.05) is 25.4 Å². The normalized spacial score (nSPS) is 21.3. The zero-order valence-corrected chi connectivity index (χ0v) is 14.4.